The first-order valence-electron chi connectivity index (χ1n) is 12.2. The minimum absolute atomic E-state index is 0.229. The van der Waals surface area contributed by atoms with E-state index in [4.69, 9.17) is 9.47 Å². The average molecular weight is 482 g/mol. The highest BCUT2D eigenvalue weighted by Gasteiger charge is 2.38. The summed E-state index contributed by atoms with van der Waals surface area (Å²) in [5.41, 5.74) is 8.84. The van der Waals surface area contributed by atoms with Gasteiger partial charge in [-0.05, 0) is 65.8 Å². The molecule has 5 rings (SSSR count). The van der Waals surface area contributed by atoms with Crippen molar-refractivity contribution < 1.29 is 14.3 Å². The number of hydrogen-bond donors (Lipinski definition) is 2. The average Bonchev–Trinajstić information content (AvgIpc) is 3.42. The molecule has 1 aliphatic carbocycles. The first-order valence-corrected chi connectivity index (χ1v) is 12.2. The van der Waals surface area contributed by atoms with Gasteiger partial charge in [0.15, 0.2) is 6.10 Å². The number of rotatable bonds is 7. The molecule has 6 heteroatoms. The molecule has 0 spiro atoms. The van der Waals surface area contributed by atoms with E-state index in [1.165, 1.54) is 18.2 Å². The predicted molar refractivity (Wildman–Crippen MR) is 142 cm³/mol. The third kappa shape index (κ3) is 4.64. The van der Waals surface area contributed by atoms with Crippen molar-refractivity contribution in [3.05, 3.63) is 107 Å². The van der Waals surface area contributed by atoms with Crippen molar-refractivity contribution in [1.82, 2.24) is 5.43 Å². The Balaban J connectivity index is 1.35. The molecule has 1 aliphatic heterocycles. The van der Waals surface area contributed by atoms with Gasteiger partial charge in [-0.2, -0.15) is 5.10 Å². The van der Waals surface area contributed by atoms with Gasteiger partial charge in [0.25, 0.3) is 5.91 Å². The van der Waals surface area contributed by atoms with Crippen LogP contribution in [-0.2, 0) is 9.53 Å². The summed E-state index contributed by atoms with van der Waals surface area (Å²) in [5, 5.41) is 8.16. The fraction of sp³-hybridized carbons (Fsp3) is 0.267. The van der Waals surface area contributed by atoms with Gasteiger partial charge in [-0.15, -0.1) is 0 Å². The van der Waals surface area contributed by atoms with Gasteiger partial charge in [-0.3, -0.25) is 4.79 Å². The lowest BCUT2D eigenvalue weighted by atomic mass is 9.76. The maximum atomic E-state index is 12.7. The van der Waals surface area contributed by atoms with Crippen LogP contribution in [-0.4, -0.2) is 25.8 Å². The van der Waals surface area contributed by atoms with Crippen LogP contribution in [0.15, 0.2) is 90.0 Å². The zero-order valence-electron chi connectivity index (χ0n) is 20.8. The second-order valence-electron chi connectivity index (χ2n) is 9.25. The van der Waals surface area contributed by atoms with Crippen LogP contribution in [0.1, 0.15) is 53.7 Å². The predicted octanol–water partition coefficient (Wildman–Crippen LogP) is 5.75. The summed E-state index contributed by atoms with van der Waals surface area (Å²) in [7, 11) is 3.21. The molecule has 184 valence electrons. The van der Waals surface area contributed by atoms with Crippen LogP contribution in [0, 0.1) is 5.92 Å². The van der Waals surface area contributed by atoms with Crippen molar-refractivity contribution in [3.63, 3.8) is 0 Å². The highest BCUT2D eigenvalue weighted by molar-refractivity contribution is 6.00. The van der Waals surface area contributed by atoms with Crippen molar-refractivity contribution in [1.29, 1.82) is 0 Å². The van der Waals surface area contributed by atoms with Crippen LogP contribution in [0.25, 0.3) is 0 Å². The van der Waals surface area contributed by atoms with Crippen molar-refractivity contribution >= 4 is 17.3 Å². The monoisotopic (exact) mass is 481 g/mol. The van der Waals surface area contributed by atoms with Gasteiger partial charge in [0.1, 0.15) is 5.75 Å². The van der Waals surface area contributed by atoms with E-state index >= 15 is 0 Å². The molecule has 1 amide bonds. The lowest BCUT2D eigenvalue weighted by Crippen LogP contribution is -2.29. The van der Waals surface area contributed by atoms with Crippen molar-refractivity contribution in [3.8, 4) is 5.75 Å². The van der Waals surface area contributed by atoms with E-state index < -0.39 is 6.10 Å². The van der Waals surface area contributed by atoms with Crippen LogP contribution in [0.5, 0.6) is 5.75 Å². The van der Waals surface area contributed by atoms with E-state index in [0.717, 1.165) is 34.7 Å². The first-order chi connectivity index (χ1) is 17.6. The van der Waals surface area contributed by atoms with Crippen LogP contribution >= 0.6 is 0 Å². The topological polar surface area (TPSA) is 72.0 Å². The number of hydrogen-bond acceptors (Lipinski definition) is 5. The first kappa shape index (κ1) is 23.8. The molecule has 0 fully saturated rings. The van der Waals surface area contributed by atoms with Gasteiger partial charge in [-0.1, -0.05) is 60.7 Å². The Bertz CT molecular complexity index is 1280. The second kappa shape index (κ2) is 10.4. The van der Waals surface area contributed by atoms with Crippen LogP contribution < -0.4 is 15.5 Å². The van der Waals surface area contributed by atoms with Gasteiger partial charge in [0.2, 0.25) is 0 Å². The minimum atomic E-state index is -0.713. The number of nitrogens with one attached hydrogen (secondary N) is 2. The van der Waals surface area contributed by atoms with Gasteiger partial charge in [0.05, 0.1) is 18.9 Å². The Morgan fingerprint density at radius 2 is 1.83 bits per heavy atom. The number of allylic oxidation sites excluding steroid dienone is 2. The van der Waals surface area contributed by atoms with Crippen molar-refractivity contribution in [2.75, 3.05) is 19.5 Å². The van der Waals surface area contributed by atoms with E-state index in [9.17, 15) is 4.79 Å². The van der Waals surface area contributed by atoms with E-state index in [0.29, 0.717) is 11.8 Å². The van der Waals surface area contributed by atoms with E-state index in [1.807, 2.05) is 55.5 Å². The largest absolute Gasteiger partial charge is 0.497 e. The Hall–Kier alpha value is -3.90. The second-order valence-corrected chi connectivity index (χ2v) is 9.25. The number of anilines is 1. The molecule has 0 radical (unpaired) electrons. The lowest BCUT2D eigenvalue weighted by Gasteiger charge is -2.37. The maximum Gasteiger partial charge on any atom is 0.273 e. The Morgan fingerprint density at radius 3 is 2.56 bits per heavy atom. The molecule has 3 aromatic rings. The highest BCUT2D eigenvalue weighted by atomic mass is 16.5. The molecule has 2 aliphatic rings. The van der Waals surface area contributed by atoms with E-state index in [1.54, 1.807) is 7.11 Å². The summed E-state index contributed by atoms with van der Waals surface area (Å²) in [5.74, 6) is 1.32. The molecule has 3 aromatic carbocycles. The number of carbonyl (C=O) groups excluding carboxylic acids is 1. The third-order valence-electron chi connectivity index (χ3n) is 7.17. The number of nitrogens with zero attached hydrogens (tertiary/aromatic N) is 1. The summed E-state index contributed by atoms with van der Waals surface area (Å²) in [6.07, 6.45) is 4.92. The van der Waals surface area contributed by atoms with Crippen LogP contribution in [0.4, 0.5) is 5.69 Å². The molecule has 0 saturated carbocycles. The quantitative estimate of drug-likeness (QED) is 0.256. The highest BCUT2D eigenvalue weighted by Crippen LogP contribution is 2.50. The molecule has 36 heavy (non-hydrogen) atoms. The summed E-state index contributed by atoms with van der Waals surface area (Å²) >= 11 is 0. The Labute approximate surface area is 212 Å². The molecule has 4 atom stereocenters. The molecular weight excluding hydrogens is 450 g/mol. The standard InChI is InChI=1S/C30H31N3O3/c1-19(32-33-30(34)29(36-3)21-8-5-4-6-9-21)22-14-17-27-26(18-22)24-10-7-11-25(24)28(31-27)20-12-15-23(35-2)16-13-20/h4-10,12-18,24-25,28-29,31H,11H2,1-3H3,(H,33,34)/b32-19-/t24-,25+,28+,29+/m1/s1. The van der Waals surface area contributed by atoms with E-state index in [-0.39, 0.29) is 11.9 Å². The van der Waals surface area contributed by atoms with E-state index in [2.05, 4.69) is 52.3 Å². The summed E-state index contributed by atoms with van der Waals surface area (Å²) in [6.45, 7) is 1.91. The third-order valence-corrected chi connectivity index (χ3v) is 7.17. The number of ether oxygens (including phenoxy) is 2. The van der Waals surface area contributed by atoms with Crippen LogP contribution in [0.3, 0.4) is 0 Å². The van der Waals surface area contributed by atoms with Gasteiger partial charge < -0.3 is 14.8 Å². The van der Waals surface area contributed by atoms with Crippen molar-refractivity contribution in [2.45, 2.75) is 31.4 Å². The number of carbonyl (C=O) groups is 1. The number of benzene rings is 3. The van der Waals surface area contributed by atoms with Gasteiger partial charge in [0, 0.05) is 18.7 Å². The smallest absolute Gasteiger partial charge is 0.273 e. The zero-order chi connectivity index (χ0) is 25.1. The summed E-state index contributed by atoms with van der Waals surface area (Å²) in [6, 6.07) is 24.3. The number of hydrazone groups is 1. The molecule has 0 saturated heterocycles. The molecule has 0 bridgehead atoms. The fourth-order valence-electron chi connectivity index (χ4n) is 5.25. The molecule has 0 aromatic heterocycles. The fourth-order valence-corrected chi connectivity index (χ4v) is 5.25. The summed E-state index contributed by atoms with van der Waals surface area (Å²) in [4.78, 5) is 12.7. The number of amides is 1. The minimum Gasteiger partial charge on any atom is -0.497 e. The van der Waals surface area contributed by atoms with Gasteiger partial charge >= 0.3 is 0 Å². The lowest BCUT2D eigenvalue weighted by molar-refractivity contribution is -0.131. The normalized spacial score (nSPS) is 21.2. The molecule has 1 heterocycles. The number of methoxy groups -OCH3 is 2. The molecular formula is C30H31N3O3. The molecule has 2 N–H and O–H groups in total. The van der Waals surface area contributed by atoms with Gasteiger partial charge in [-0.25, -0.2) is 5.43 Å². The summed E-state index contributed by atoms with van der Waals surface area (Å²) < 4.78 is 10.7. The maximum absolute atomic E-state index is 12.7. The Morgan fingerprint density at radius 1 is 1.06 bits per heavy atom. The van der Waals surface area contributed by atoms with Crippen molar-refractivity contribution in [2.24, 2.45) is 11.0 Å². The van der Waals surface area contributed by atoms with Crippen LogP contribution in [0.2, 0.25) is 0 Å². The Kier molecular flexibility index (Phi) is 6.87. The SMILES string of the molecule is COc1ccc([C@@H]2Nc3ccc(/C(C)=N\NC(=O)[C@@H](OC)c4ccccc4)cc3[C@@H]3C=CC[C@@H]32)cc1. The zero-order valence-corrected chi connectivity index (χ0v) is 20.8. The molecule has 6 nitrogen and oxygen atoms in total. The number of fused-ring (bicyclic) bond motifs is 3. The molecule has 0 unspecified atom stereocenters.